The first-order valence-corrected chi connectivity index (χ1v) is 8.44. The van der Waals surface area contributed by atoms with Crippen LogP contribution in [0.3, 0.4) is 0 Å². The van der Waals surface area contributed by atoms with E-state index in [2.05, 4.69) is 15.1 Å². The van der Waals surface area contributed by atoms with E-state index in [1.165, 1.54) is 0 Å². The molecule has 1 aliphatic heterocycles. The van der Waals surface area contributed by atoms with E-state index < -0.39 is 0 Å². The van der Waals surface area contributed by atoms with Crippen LogP contribution in [0, 0.1) is 6.92 Å². The molecule has 0 saturated carbocycles. The summed E-state index contributed by atoms with van der Waals surface area (Å²) in [4.78, 5) is 22.5. The number of likely N-dealkylation sites (tertiary alicyclic amines) is 1. The Morgan fingerprint density at radius 3 is 3.17 bits per heavy atom. The van der Waals surface area contributed by atoms with Gasteiger partial charge in [0.2, 0.25) is 0 Å². The maximum atomic E-state index is 13.1. The van der Waals surface area contributed by atoms with Crippen LogP contribution in [0.5, 0.6) is 0 Å². The van der Waals surface area contributed by atoms with E-state index in [-0.39, 0.29) is 11.9 Å². The third-order valence-corrected chi connectivity index (χ3v) is 4.73. The van der Waals surface area contributed by atoms with Crippen LogP contribution >= 0.6 is 0 Å². The molecule has 4 rings (SSSR count). The van der Waals surface area contributed by atoms with Crippen LogP contribution in [0.4, 0.5) is 0 Å². The highest BCUT2D eigenvalue weighted by Gasteiger charge is 2.29. The number of pyridine rings is 1. The Kier molecular flexibility index (Phi) is 3.80. The second kappa shape index (κ2) is 6.11. The van der Waals surface area contributed by atoms with Gasteiger partial charge in [-0.1, -0.05) is 0 Å². The van der Waals surface area contributed by atoms with E-state index in [4.69, 9.17) is 0 Å². The van der Waals surface area contributed by atoms with Crippen LogP contribution in [0.2, 0.25) is 0 Å². The molecule has 6 heteroatoms. The van der Waals surface area contributed by atoms with Crippen molar-refractivity contribution in [2.45, 2.75) is 38.8 Å². The third kappa shape index (κ3) is 2.68. The molecule has 0 spiro atoms. The van der Waals surface area contributed by atoms with Crippen LogP contribution in [0.1, 0.15) is 35.2 Å². The maximum Gasteiger partial charge on any atom is 0.256 e. The number of nitrogens with one attached hydrogen (secondary N) is 1. The normalized spacial score (nSPS) is 18.2. The Bertz CT molecular complexity index is 865. The monoisotopic (exact) mass is 323 g/mol. The van der Waals surface area contributed by atoms with Gasteiger partial charge in [0.15, 0.2) is 0 Å². The first kappa shape index (κ1) is 14.9. The average Bonchev–Trinajstić information content (AvgIpc) is 3.21. The van der Waals surface area contributed by atoms with Gasteiger partial charge in [0.25, 0.3) is 5.91 Å². The summed E-state index contributed by atoms with van der Waals surface area (Å²) in [5.74, 6) is 0.0860. The summed E-state index contributed by atoms with van der Waals surface area (Å²) in [5, 5.41) is 5.27. The van der Waals surface area contributed by atoms with Gasteiger partial charge in [0.05, 0.1) is 24.3 Å². The highest BCUT2D eigenvalue weighted by Crippen LogP contribution is 2.24. The number of carbonyl (C=O) groups is 1. The van der Waals surface area contributed by atoms with Gasteiger partial charge in [-0.05, 0) is 43.9 Å². The topological polar surface area (TPSA) is 66.8 Å². The Balaban J connectivity index is 1.61. The Morgan fingerprint density at radius 2 is 2.33 bits per heavy atom. The zero-order valence-corrected chi connectivity index (χ0v) is 13.8. The molecule has 1 aliphatic rings. The van der Waals surface area contributed by atoms with Gasteiger partial charge in [0, 0.05) is 30.5 Å². The lowest BCUT2D eigenvalue weighted by Crippen LogP contribution is -2.45. The minimum absolute atomic E-state index is 0.0860. The molecule has 6 nitrogen and oxygen atoms in total. The number of fused-ring (bicyclic) bond motifs is 1. The molecule has 3 aromatic rings. The summed E-state index contributed by atoms with van der Waals surface area (Å²) in [5.41, 5.74) is 2.62. The predicted molar refractivity (Wildman–Crippen MR) is 91.7 cm³/mol. The average molecular weight is 323 g/mol. The number of piperidine rings is 1. The molecule has 1 amide bonds. The van der Waals surface area contributed by atoms with E-state index in [0.29, 0.717) is 5.56 Å². The molecule has 0 bridgehead atoms. The fourth-order valence-corrected chi connectivity index (χ4v) is 3.53. The van der Waals surface area contributed by atoms with Crippen molar-refractivity contribution in [3.63, 3.8) is 0 Å². The highest BCUT2D eigenvalue weighted by molar-refractivity contribution is 6.06. The molecule has 0 aromatic carbocycles. The van der Waals surface area contributed by atoms with Gasteiger partial charge in [-0.15, -0.1) is 0 Å². The zero-order chi connectivity index (χ0) is 16.5. The minimum atomic E-state index is 0.0860. The van der Waals surface area contributed by atoms with Crippen molar-refractivity contribution < 1.29 is 4.79 Å². The lowest BCUT2D eigenvalue weighted by molar-refractivity contribution is 0.0586. The van der Waals surface area contributed by atoms with Gasteiger partial charge in [0.1, 0.15) is 5.65 Å². The molecule has 4 heterocycles. The molecular formula is C18H21N5O. The van der Waals surface area contributed by atoms with Crippen molar-refractivity contribution in [3.8, 4) is 0 Å². The van der Waals surface area contributed by atoms with Crippen LogP contribution in [-0.2, 0) is 6.54 Å². The van der Waals surface area contributed by atoms with E-state index >= 15 is 0 Å². The first-order chi connectivity index (χ1) is 11.7. The molecule has 0 aliphatic carbocycles. The zero-order valence-electron chi connectivity index (χ0n) is 13.8. The van der Waals surface area contributed by atoms with Crippen molar-refractivity contribution in [2.24, 2.45) is 0 Å². The van der Waals surface area contributed by atoms with Gasteiger partial charge >= 0.3 is 0 Å². The smallest absolute Gasteiger partial charge is 0.256 e. The van der Waals surface area contributed by atoms with E-state index in [0.717, 1.165) is 48.9 Å². The molecule has 124 valence electrons. The number of amides is 1. The van der Waals surface area contributed by atoms with Crippen molar-refractivity contribution in [1.29, 1.82) is 0 Å². The summed E-state index contributed by atoms with van der Waals surface area (Å²) in [6.45, 7) is 3.59. The summed E-state index contributed by atoms with van der Waals surface area (Å²) < 4.78 is 1.95. The van der Waals surface area contributed by atoms with Crippen molar-refractivity contribution in [1.82, 2.24) is 24.6 Å². The Labute approximate surface area is 140 Å². The van der Waals surface area contributed by atoms with E-state index in [9.17, 15) is 4.79 Å². The summed E-state index contributed by atoms with van der Waals surface area (Å²) in [7, 11) is 0. The maximum absolute atomic E-state index is 13.1. The number of aromatic amines is 1. The largest absolute Gasteiger partial charge is 0.345 e. The molecule has 3 aromatic heterocycles. The number of H-pyrrole nitrogens is 1. The fourth-order valence-electron chi connectivity index (χ4n) is 3.53. The predicted octanol–water partition coefficient (Wildman–Crippen LogP) is 2.76. The minimum Gasteiger partial charge on any atom is -0.345 e. The number of aryl methyl sites for hydroxylation is 1. The van der Waals surface area contributed by atoms with E-state index in [1.54, 1.807) is 12.4 Å². The number of hydrogen-bond donors (Lipinski definition) is 1. The van der Waals surface area contributed by atoms with Crippen molar-refractivity contribution in [2.75, 3.05) is 6.54 Å². The Hall–Kier alpha value is -2.63. The quantitative estimate of drug-likeness (QED) is 0.806. The highest BCUT2D eigenvalue weighted by atomic mass is 16.2. The summed E-state index contributed by atoms with van der Waals surface area (Å²) >= 11 is 0. The molecular weight excluding hydrogens is 302 g/mol. The molecule has 0 unspecified atom stereocenters. The lowest BCUT2D eigenvalue weighted by atomic mass is 10.0. The molecule has 1 saturated heterocycles. The SMILES string of the molecule is Cc1cnn(C[C@H]2CCCCN2C(=O)c2c[nH]c3ncccc23)c1. The van der Waals surface area contributed by atoms with Crippen molar-refractivity contribution in [3.05, 3.63) is 48.0 Å². The number of carbonyl (C=O) groups excluding carboxylic acids is 1. The second-order valence-electron chi connectivity index (χ2n) is 6.49. The molecule has 1 fully saturated rings. The lowest BCUT2D eigenvalue weighted by Gasteiger charge is -2.35. The van der Waals surface area contributed by atoms with Crippen molar-refractivity contribution >= 4 is 16.9 Å². The summed E-state index contributed by atoms with van der Waals surface area (Å²) in [6.07, 6.45) is 10.6. The third-order valence-electron chi connectivity index (χ3n) is 4.73. The van der Waals surface area contributed by atoms with Crippen LogP contribution in [0.15, 0.2) is 36.9 Å². The van der Waals surface area contributed by atoms with Gasteiger partial charge in [-0.25, -0.2) is 4.98 Å². The number of hydrogen-bond acceptors (Lipinski definition) is 3. The van der Waals surface area contributed by atoms with Gasteiger partial charge in [-0.3, -0.25) is 9.48 Å². The summed E-state index contributed by atoms with van der Waals surface area (Å²) in [6, 6.07) is 4.00. The molecule has 1 N–H and O–H groups in total. The Morgan fingerprint density at radius 1 is 1.42 bits per heavy atom. The standard InChI is InChI=1S/C18H21N5O/c1-13-9-21-22(11-13)12-14-5-2-3-8-23(14)18(24)16-10-20-17-15(16)6-4-7-19-17/h4,6-7,9-11,14H,2-3,5,8,12H2,1H3,(H,19,20)/t14-/m1/s1. The molecule has 1 atom stereocenters. The van der Waals surface area contributed by atoms with E-state index in [1.807, 2.05) is 41.0 Å². The second-order valence-corrected chi connectivity index (χ2v) is 6.49. The first-order valence-electron chi connectivity index (χ1n) is 8.44. The van der Waals surface area contributed by atoms with Crippen LogP contribution in [-0.4, -0.2) is 43.1 Å². The van der Waals surface area contributed by atoms with Gasteiger partial charge in [-0.2, -0.15) is 5.10 Å². The number of nitrogens with zero attached hydrogens (tertiary/aromatic N) is 4. The molecule has 24 heavy (non-hydrogen) atoms. The number of aromatic nitrogens is 4. The molecule has 0 radical (unpaired) electrons. The van der Waals surface area contributed by atoms with Crippen LogP contribution in [0.25, 0.3) is 11.0 Å². The van der Waals surface area contributed by atoms with Gasteiger partial charge < -0.3 is 9.88 Å². The van der Waals surface area contributed by atoms with Crippen LogP contribution < -0.4 is 0 Å². The fraction of sp³-hybridized carbons (Fsp3) is 0.389. The number of rotatable bonds is 3.